The molecule has 1 spiro atoms. The van der Waals surface area contributed by atoms with Crippen molar-refractivity contribution in [2.75, 3.05) is 6.61 Å². The van der Waals surface area contributed by atoms with Crippen molar-refractivity contribution in [1.82, 2.24) is 0 Å². The first-order valence-electron chi connectivity index (χ1n) is 12.4. The van der Waals surface area contributed by atoms with Crippen LogP contribution >= 0.6 is 0 Å². The zero-order valence-electron chi connectivity index (χ0n) is 18.5. The van der Waals surface area contributed by atoms with Gasteiger partial charge in [-0.3, -0.25) is 4.79 Å². The first kappa shape index (κ1) is 19.0. The molecule has 160 valence electrons. The van der Waals surface area contributed by atoms with E-state index in [-0.39, 0.29) is 11.2 Å². The summed E-state index contributed by atoms with van der Waals surface area (Å²) >= 11 is 0. The Balaban J connectivity index is 1.26. The highest BCUT2D eigenvalue weighted by molar-refractivity contribution is 5.91. The highest BCUT2D eigenvalue weighted by atomic mass is 16.7. The lowest BCUT2D eigenvalue weighted by Crippen LogP contribution is -2.51. The lowest BCUT2D eigenvalue weighted by molar-refractivity contribution is -0.255. The van der Waals surface area contributed by atoms with Crippen LogP contribution in [-0.2, 0) is 14.3 Å². The standard InChI is InChI=1S/C26H38O3/c1-16-6-11-26(28-15-16)14-22-23(29-26)13-21-19-5-4-17-12-18(27)7-9-24(17,2)20(19)8-10-25(21,22)3/h12,16,19-23H,4-11,13-15H2,1-3H3/t16-,19-,20+,21+,22+,23+,24+,25+,26-/m1/s1. The van der Waals surface area contributed by atoms with E-state index in [0.29, 0.717) is 29.1 Å². The van der Waals surface area contributed by atoms with Gasteiger partial charge < -0.3 is 9.47 Å². The van der Waals surface area contributed by atoms with Crippen molar-refractivity contribution >= 4 is 5.78 Å². The Labute approximate surface area is 176 Å². The molecule has 0 unspecified atom stereocenters. The number of hydrogen-bond acceptors (Lipinski definition) is 3. The summed E-state index contributed by atoms with van der Waals surface area (Å²) in [5, 5.41) is 0. The topological polar surface area (TPSA) is 35.5 Å². The summed E-state index contributed by atoms with van der Waals surface area (Å²) < 4.78 is 13.1. The fraction of sp³-hybridized carbons (Fsp3) is 0.885. The van der Waals surface area contributed by atoms with E-state index in [9.17, 15) is 4.79 Å². The van der Waals surface area contributed by atoms with Gasteiger partial charge in [-0.2, -0.15) is 0 Å². The molecular weight excluding hydrogens is 360 g/mol. The van der Waals surface area contributed by atoms with Crippen LogP contribution in [0.15, 0.2) is 11.6 Å². The van der Waals surface area contributed by atoms with Gasteiger partial charge in [0.15, 0.2) is 11.6 Å². The number of carbonyl (C=O) groups is 1. The molecule has 29 heavy (non-hydrogen) atoms. The average molecular weight is 399 g/mol. The Morgan fingerprint density at radius 2 is 1.86 bits per heavy atom. The minimum Gasteiger partial charge on any atom is -0.350 e. The molecule has 0 amide bonds. The van der Waals surface area contributed by atoms with E-state index in [1.54, 1.807) is 0 Å². The van der Waals surface area contributed by atoms with Crippen LogP contribution in [0.25, 0.3) is 0 Å². The lowest BCUT2D eigenvalue weighted by atomic mass is 9.46. The van der Waals surface area contributed by atoms with Crippen LogP contribution < -0.4 is 0 Å². The molecule has 0 aromatic heterocycles. The molecule has 3 saturated carbocycles. The first-order chi connectivity index (χ1) is 13.8. The normalized spacial score (nSPS) is 56.4. The number of fused-ring (bicyclic) bond motifs is 7. The maximum absolute atomic E-state index is 12.0. The van der Waals surface area contributed by atoms with Gasteiger partial charge in [-0.15, -0.1) is 0 Å². The molecule has 3 nitrogen and oxygen atoms in total. The molecule has 3 heteroatoms. The highest BCUT2D eigenvalue weighted by Gasteiger charge is 2.66. The third-order valence-electron chi connectivity index (χ3n) is 10.7. The minimum atomic E-state index is -0.259. The van der Waals surface area contributed by atoms with Crippen LogP contribution in [0.1, 0.15) is 85.0 Å². The van der Waals surface area contributed by atoms with Gasteiger partial charge in [0.25, 0.3) is 0 Å². The van der Waals surface area contributed by atoms with Gasteiger partial charge >= 0.3 is 0 Å². The van der Waals surface area contributed by atoms with Gasteiger partial charge in [0.05, 0.1) is 12.7 Å². The number of rotatable bonds is 0. The van der Waals surface area contributed by atoms with E-state index in [2.05, 4.69) is 20.8 Å². The molecule has 4 aliphatic carbocycles. The SMILES string of the molecule is C[C@@H]1CC[C@@]2(C[C@H]3[C@H](C[C@H]4[C@@H]5CCC6=CC(=O)CC[C@]6(C)[C@H]5CC[C@@]43C)O2)OC1. The third kappa shape index (κ3) is 2.59. The second kappa shape index (κ2) is 6.19. The number of ketones is 1. The van der Waals surface area contributed by atoms with Crippen molar-refractivity contribution < 1.29 is 14.3 Å². The predicted molar refractivity (Wildman–Crippen MR) is 112 cm³/mol. The Morgan fingerprint density at radius 1 is 1.00 bits per heavy atom. The van der Waals surface area contributed by atoms with E-state index >= 15 is 0 Å². The van der Waals surface area contributed by atoms with Gasteiger partial charge in [0.2, 0.25) is 0 Å². The fourth-order valence-electron chi connectivity index (χ4n) is 8.97. The molecule has 0 bridgehead atoms. The van der Waals surface area contributed by atoms with Crippen LogP contribution in [0, 0.1) is 40.4 Å². The maximum Gasteiger partial charge on any atom is 0.169 e. The summed E-state index contributed by atoms with van der Waals surface area (Å²) in [7, 11) is 0. The zero-order valence-corrected chi connectivity index (χ0v) is 18.5. The van der Waals surface area contributed by atoms with Crippen molar-refractivity contribution in [2.24, 2.45) is 40.4 Å². The molecule has 2 heterocycles. The van der Waals surface area contributed by atoms with Crippen LogP contribution in [0.4, 0.5) is 0 Å². The molecule has 0 aromatic rings. The number of carbonyl (C=O) groups excluding carboxylic acids is 1. The Morgan fingerprint density at radius 3 is 2.66 bits per heavy atom. The quantitative estimate of drug-likeness (QED) is 0.527. The Hall–Kier alpha value is -0.670. The zero-order chi connectivity index (χ0) is 20.0. The van der Waals surface area contributed by atoms with Crippen molar-refractivity contribution in [3.63, 3.8) is 0 Å². The summed E-state index contributed by atoms with van der Waals surface area (Å²) in [5.41, 5.74) is 2.18. The van der Waals surface area contributed by atoms with Crippen molar-refractivity contribution in [1.29, 1.82) is 0 Å². The summed E-state index contributed by atoms with van der Waals surface area (Å²) in [6.07, 6.45) is 14.1. The second-order valence-electron chi connectivity index (χ2n) is 12.1. The lowest BCUT2D eigenvalue weighted by Gasteiger charge is -2.58. The fourth-order valence-corrected chi connectivity index (χ4v) is 8.97. The van der Waals surface area contributed by atoms with Gasteiger partial charge in [0, 0.05) is 19.3 Å². The highest BCUT2D eigenvalue weighted by Crippen LogP contribution is 2.69. The molecular formula is C26H38O3. The molecule has 2 saturated heterocycles. The van der Waals surface area contributed by atoms with Gasteiger partial charge in [-0.25, -0.2) is 0 Å². The number of allylic oxidation sites excluding steroid dienone is 1. The van der Waals surface area contributed by atoms with Gasteiger partial charge in [-0.1, -0.05) is 26.3 Å². The van der Waals surface area contributed by atoms with E-state index in [0.717, 1.165) is 56.5 Å². The molecule has 5 fully saturated rings. The van der Waals surface area contributed by atoms with Crippen LogP contribution in [0.2, 0.25) is 0 Å². The average Bonchev–Trinajstić information content (AvgIpc) is 3.18. The monoisotopic (exact) mass is 398 g/mol. The van der Waals surface area contributed by atoms with Gasteiger partial charge in [-0.05, 0) is 91.4 Å². The predicted octanol–water partition coefficient (Wildman–Crippen LogP) is 5.68. The van der Waals surface area contributed by atoms with E-state index in [1.807, 2.05) is 6.08 Å². The Kier molecular flexibility index (Phi) is 4.07. The molecule has 0 N–H and O–H groups in total. The Bertz CT molecular complexity index is 747. The molecule has 2 aliphatic heterocycles. The van der Waals surface area contributed by atoms with E-state index in [1.165, 1.54) is 37.7 Å². The second-order valence-corrected chi connectivity index (χ2v) is 12.1. The number of hydrogen-bond donors (Lipinski definition) is 0. The van der Waals surface area contributed by atoms with E-state index < -0.39 is 0 Å². The van der Waals surface area contributed by atoms with Crippen molar-refractivity contribution in [2.45, 2.75) is 96.9 Å². The summed E-state index contributed by atoms with van der Waals surface area (Å²) in [6, 6.07) is 0. The summed E-state index contributed by atoms with van der Waals surface area (Å²) in [6.45, 7) is 8.26. The van der Waals surface area contributed by atoms with E-state index in [4.69, 9.17) is 9.47 Å². The van der Waals surface area contributed by atoms with Crippen LogP contribution in [0.3, 0.4) is 0 Å². The third-order valence-corrected chi connectivity index (χ3v) is 10.7. The molecule has 6 rings (SSSR count). The van der Waals surface area contributed by atoms with Gasteiger partial charge in [0.1, 0.15) is 0 Å². The number of ether oxygens (including phenoxy) is 2. The summed E-state index contributed by atoms with van der Waals surface area (Å²) in [5.74, 6) is 3.86. The molecule has 0 radical (unpaired) electrons. The molecule has 9 atom stereocenters. The largest absolute Gasteiger partial charge is 0.350 e. The minimum absolute atomic E-state index is 0.259. The molecule has 0 aromatic carbocycles. The molecule has 6 aliphatic rings. The van der Waals surface area contributed by atoms with Crippen LogP contribution in [-0.4, -0.2) is 24.3 Å². The first-order valence-corrected chi connectivity index (χ1v) is 12.4. The summed E-state index contributed by atoms with van der Waals surface area (Å²) in [4.78, 5) is 12.0. The smallest absolute Gasteiger partial charge is 0.169 e. The van der Waals surface area contributed by atoms with Crippen LogP contribution in [0.5, 0.6) is 0 Å². The maximum atomic E-state index is 12.0. The van der Waals surface area contributed by atoms with Crippen molar-refractivity contribution in [3.8, 4) is 0 Å². The van der Waals surface area contributed by atoms with Crippen molar-refractivity contribution in [3.05, 3.63) is 11.6 Å².